The van der Waals surface area contributed by atoms with Gasteiger partial charge in [-0.2, -0.15) is 0 Å². The van der Waals surface area contributed by atoms with Crippen LogP contribution in [0.1, 0.15) is 6.42 Å². The predicted octanol–water partition coefficient (Wildman–Crippen LogP) is -0.344. The van der Waals surface area contributed by atoms with Crippen LogP contribution in [-0.2, 0) is 14.6 Å². The molecule has 12 heavy (non-hydrogen) atoms. The highest BCUT2D eigenvalue weighted by Crippen LogP contribution is 1.96. The predicted molar refractivity (Wildman–Crippen MR) is 49.1 cm³/mol. The minimum Gasteiger partial charge on any atom is -0.385 e. The molecule has 0 fully saturated rings. The lowest BCUT2D eigenvalue weighted by Gasteiger charge is -2.13. The molecular weight excluding hydrogens is 178 g/mol. The Hall–Kier alpha value is -0.130. The maximum absolute atomic E-state index is 10.9. The van der Waals surface area contributed by atoms with Crippen LogP contribution in [0, 0.1) is 0 Å². The Bertz CT molecular complexity index is 201. The Labute approximate surface area is 74.2 Å². The van der Waals surface area contributed by atoms with E-state index in [1.807, 2.05) is 0 Å². The molecule has 0 aromatic heterocycles. The fourth-order valence-electron chi connectivity index (χ4n) is 0.937. The molecule has 0 saturated carbocycles. The third kappa shape index (κ3) is 6.57. The summed E-state index contributed by atoms with van der Waals surface area (Å²) in [5.74, 6) is 0.173. The van der Waals surface area contributed by atoms with Crippen LogP contribution in [0.4, 0.5) is 0 Å². The number of hydrogen-bond acceptors (Lipinski definition) is 4. The first-order valence-electron chi connectivity index (χ1n) is 3.83. The monoisotopic (exact) mass is 195 g/mol. The topological polar surface area (TPSA) is 55.4 Å². The molecule has 74 valence electrons. The van der Waals surface area contributed by atoms with E-state index >= 15 is 0 Å². The summed E-state index contributed by atoms with van der Waals surface area (Å²) in [4.78, 5) is 0. The van der Waals surface area contributed by atoms with Gasteiger partial charge in [0.25, 0.3) is 0 Å². The number of nitrogens with one attached hydrogen (secondary N) is 1. The van der Waals surface area contributed by atoms with Crippen molar-refractivity contribution in [2.24, 2.45) is 0 Å². The van der Waals surface area contributed by atoms with Crippen LogP contribution in [0.15, 0.2) is 0 Å². The van der Waals surface area contributed by atoms with Crippen molar-refractivity contribution in [1.82, 2.24) is 5.32 Å². The molecule has 1 unspecified atom stereocenters. The largest absolute Gasteiger partial charge is 0.385 e. The molecule has 0 radical (unpaired) electrons. The van der Waals surface area contributed by atoms with E-state index in [1.165, 1.54) is 6.26 Å². The quantitative estimate of drug-likeness (QED) is 0.630. The van der Waals surface area contributed by atoms with Crippen molar-refractivity contribution < 1.29 is 13.2 Å². The van der Waals surface area contributed by atoms with E-state index in [1.54, 1.807) is 14.2 Å². The summed E-state index contributed by atoms with van der Waals surface area (Å²) >= 11 is 0. The second-order valence-corrected chi connectivity index (χ2v) is 5.04. The summed E-state index contributed by atoms with van der Waals surface area (Å²) in [5.41, 5.74) is 0. The third-order valence-corrected chi connectivity index (χ3v) is 2.59. The highest BCUT2D eigenvalue weighted by molar-refractivity contribution is 7.90. The molecule has 0 rings (SSSR count). The van der Waals surface area contributed by atoms with Crippen LogP contribution < -0.4 is 5.32 Å². The van der Waals surface area contributed by atoms with E-state index in [9.17, 15) is 8.42 Å². The summed E-state index contributed by atoms with van der Waals surface area (Å²) in [6.45, 7) is 0.584. The molecular formula is C7H17NO3S. The first kappa shape index (κ1) is 11.9. The van der Waals surface area contributed by atoms with Crippen molar-refractivity contribution in [3.05, 3.63) is 0 Å². The van der Waals surface area contributed by atoms with Gasteiger partial charge in [-0.15, -0.1) is 0 Å². The standard InChI is InChI=1S/C7H17NO3S/c1-8-7(4-5-11-2)6-12(3,9)10/h7-8H,4-6H2,1-3H3. The molecule has 0 aliphatic heterocycles. The van der Waals surface area contributed by atoms with Gasteiger partial charge in [0.15, 0.2) is 0 Å². The Morgan fingerprint density at radius 2 is 2.08 bits per heavy atom. The molecule has 4 nitrogen and oxygen atoms in total. The molecule has 0 aliphatic carbocycles. The Kier molecular flexibility index (Phi) is 5.44. The first-order chi connectivity index (χ1) is 5.49. The zero-order valence-electron chi connectivity index (χ0n) is 7.83. The van der Waals surface area contributed by atoms with Gasteiger partial charge in [-0.25, -0.2) is 8.42 Å². The molecule has 0 aliphatic rings. The maximum atomic E-state index is 10.9. The lowest BCUT2D eigenvalue weighted by Crippen LogP contribution is -2.33. The number of methoxy groups -OCH3 is 1. The second kappa shape index (κ2) is 5.50. The molecule has 0 spiro atoms. The molecule has 1 atom stereocenters. The van der Waals surface area contributed by atoms with Crippen LogP contribution in [0.2, 0.25) is 0 Å². The minimum absolute atomic E-state index is 0.0000463. The second-order valence-electron chi connectivity index (χ2n) is 2.86. The number of sulfone groups is 1. The van der Waals surface area contributed by atoms with Crippen LogP contribution in [0.25, 0.3) is 0 Å². The summed E-state index contributed by atoms with van der Waals surface area (Å²) in [5, 5.41) is 2.93. The van der Waals surface area contributed by atoms with Gasteiger partial charge in [-0.05, 0) is 13.5 Å². The average molecular weight is 195 g/mol. The van der Waals surface area contributed by atoms with E-state index in [0.29, 0.717) is 6.61 Å². The molecule has 1 N–H and O–H groups in total. The van der Waals surface area contributed by atoms with Gasteiger partial charge in [-0.1, -0.05) is 0 Å². The third-order valence-electron chi connectivity index (χ3n) is 1.58. The van der Waals surface area contributed by atoms with Gasteiger partial charge >= 0.3 is 0 Å². The lowest BCUT2D eigenvalue weighted by molar-refractivity contribution is 0.186. The number of rotatable bonds is 6. The Morgan fingerprint density at radius 1 is 1.50 bits per heavy atom. The van der Waals surface area contributed by atoms with Crippen LogP contribution in [0.3, 0.4) is 0 Å². The van der Waals surface area contributed by atoms with Crippen molar-refractivity contribution in [1.29, 1.82) is 0 Å². The van der Waals surface area contributed by atoms with Gasteiger partial charge in [0.05, 0.1) is 5.75 Å². The van der Waals surface area contributed by atoms with Gasteiger partial charge < -0.3 is 10.1 Å². The number of ether oxygens (including phenoxy) is 1. The summed E-state index contributed by atoms with van der Waals surface area (Å²) in [6, 6.07) is -0.0000463. The van der Waals surface area contributed by atoms with Gasteiger partial charge in [0, 0.05) is 26.0 Å². The highest BCUT2D eigenvalue weighted by atomic mass is 32.2. The molecule has 5 heteroatoms. The van der Waals surface area contributed by atoms with Crippen LogP contribution >= 0.6 is 0 Å². The maximum Gasteiger partial charge on any atom is 0.148 e. The van der Waals surface area contributed by atoms with Crippen LogP contribution in [-0.4, -0.2) is 47.2 Å². The van der Waals surface area contributed by atoms with E-state index in [2.05, 4.69) is 5.32 Å². The summed E-state index contributed by atoms with van der Waals surface area (Å²) in [7, 11) is 0.476. The molecule has 0 saturated heterocycles. The van der Waals surface area contributed by atoms with E-state index in [4.69, 9.17) is 4.74 Å². The van der Waals surface area contributed by atoms with E-state index < -0.39 is 9.84 Å². The van der Waals surface area contributed by atoms with Gasteiger partial charge in [-0.3, -0.25) is 0 Å². The van der Waals surface area contributed by atoms with Crippen molar-refractivity contribution >= 4 is 9.84 Å². The fourth-order valence-corrected chi connectivity index (χ4v) is 2.00. The summed E-state index contributed by atoms with van der Waals surface area (Å²) < 4.78 is 26.6. The number of hydrogen-bond donors (Lipinski definition) is 1. The van der Waals surface area contributed by atoms with Crippen LogP contribution in [0.5, 0.6) is 0 Å². The lowest BCUT2D eigenvalue weighted by atomic mass is 10.2. The molecule has 0 aromatic rings. The molecule has 0 bridgehead atoms. The van der Waals surface area contributed by atoms with Gasteiger partial charge in [0.2, 0.25) is 0 Å². The van der Waals surface area contributed by atoms with Crippen molar-refractivity contribution in [3.8, 4) is 0 Å². The molecule has 0 heterocycles. The SMILES string of the molecule is CNC(CCOC)CS(C)(=O)=O. The van der Waals surface area contributed by atoms with Gasteiger partial charge in [0.1, 0.15) is 9.84 Å². The molecule has 0 amide bonds. The minimum atomic E-state index is -2.88. The average Bonchev–Trinajstić information content (AvgIpc) is 1.95. The first-order valence-corrected chi connectivity index (χ1v) is 5.89. The molecule has 0 aromatic carbocycles. The van der Waals surface area contributed by atoms with E-state index in [0.717, 1.165) is 6.42 Å². The van der Waals surface area contributed by atoms with Crippen molar-refractivity contribution in [3.63, 3.8) is 0 Å². The van der Waals surface area contributed by atoms with Crippen molar-refractivity contribution in [2.45, 2.75) is 12.5 Å². The Balaban J connectivity index is 3.83. The van der Waals surface area contributed by atoms with E-state index in [-0.39, 0.29) is 11.8 Å². The fraction of sp³-hybridized carbons (Fsp3) is 1.00. The highest BCUT2D eigenvalue weighted by Gasteiger charge is 2.12. The Morgan fingerprint density at radius 3 is 2.42 bits per heavy atom. The normalized spacial score (nSPS) is 14.6. The summed E-state index contributed by atoms with van der Waals surface area (Å²) in [6.07, 6.45) is 1.96. The zero-order valence-corrected chi connectivity index (χ0v) is 8.65. The zero-order chi connectivity index (χ0) is 9.61. The smallest absolute Gasteiger partial charge is 0.148 e. The van der Waals surface area contributed by atoms with Crippen molar-refractivity contribution in [2.75, 3.05) is 32.8 Å².